The number of nitrogens with one attached hydrogen (secondary N) is 2. The SMILES string of the molecule is CC#CC(=O)Nc1ccc2ncc(C(=O)Nc3ccccc3Cl)n2c1. The number of halogens is 1. The van der Waals surface area contributed by atoms with E-state index < -0.39 is 5.91 Å². The highest BCUT2D eigenvalue weighted by atomic mass is 35.5. The first kappa shape index (κ1) is 16.6. The number of carbonyl (C=O) groups excluding carboxylic acids is 2. The molecule has 3 rings (SSSR count). The summed E-state index contributed by atoms with van der Waals surface area (Å²) in [5.74, 6) is 4.13. The zero-order valence-corrected chi connectivity index (χ0v) is 14.0. The molecule has 124 valence electrons. The molecule has 3 aromatic rings. The molecule has 1 aromatic carbocycles. The number of benzene rings is 1. The number of hydrogen-bond donors (Lipinski definition) is 2. The van der Waals surface area contributed by atoms with E-state index in [9.17, 15) is 9.59 Å². The van der Waals surface area contributed by atoms with Crippen molar-refractivity contribution in [1.29, 1.82) is 0 Å². The van der Waals surface area contributed by atoms with Gasteiger partial charge in [0, 0.05) is 6.20 Å². The molecule has 0 saturated heterocycles. The Morgan fingerprint density at radius 2 is 1.96 bits per heavy atom. The molecule has 0 bridgehead atoms. The van der Waals surface area contributed by atoms with Gasteiger partial charge in [0.15, 0.2) is 0 Å². The molecule has 0 atom stereocenters. The van der Waals surface area contributed by atoms with E-state index in [-0.39, 0.29) is 5.91 Å². The van der Waals surface area contributed by atoms with Gasteiger partial charge >= 0.3 is 0 Å². The smallest absolute Gasteiger partial charge is 0.300 e. The van der Waals surface area contributed by atoms with E-state index >= 15 is 0 Å². The highest BCUT2D eigenvalue weighted by Crippen LogP contribution is 2.21. The molecule has 0 aliphatic rings. The summed E-state index contributed by atoms with van der Waals surface area (Å²) in [6.45, 7) is 1.58. The van der Waals surface area contributed by atoms with Crippen LogP contribution in [0, 0.1) is 11.8 Å². The molecule has 2 heterocycles. The number of imidazole rings is 1. The first-order chi connectivity index (χ1) is 12.1. The molecule has 0 aliphatic carbocycles. The van der Waals surface area contributed by atoms with Gasteiger partial charge in [-0.3, -0.25) is 14.0 Å². The molecule has 7 heteroatoms. The maximum Gasteiger partial charge on any atom is 0.300 e. The van der Waals surface area contributed by atoms with Crippen LogP contribution >= 0.6 is 11.6 Å². The third-order valence-corrected chi connectivity index (χ3v) is 3.69. The Morgan fingerprint density at radius 3 is 2.72 bits per heavy atom. The Morgan fingerprint density at radius 1 is 1.16 bits per heavy atom. The minimum Gasteiger partial charge on any atom is -0.319 e. The van der Waals surface area contributed by atoms with E-state index in [2.05, 4.69) is 27.5 Å². The lowest BCUT2D eigenvalue weighted by molar-refractivity contribution is -0.111. The fraction of sp³-hybridized carbons (Fsp3) is 0.0556. The Balaban J connectivity index is 1.90. The van der Waals surface area contributed by atoms with Crippen molar-refractivity contribution in [1.82, 2.24) is 9.38 Å². The molecular weight excluding hydrogens is 340 g/mol. The van der Waals surface area contributed by atoms with Gasteiger partial charge in [-0.05, 0) is 37.1 Å². The zero-order valence-electron chi connectivity index (χ0n) is 13.2. The largest absolute Gasteiger partial charge is 0.319 e. The van der Waals surface area contributed by atoms with Crippen molar-refractivity contribution in [2.75, 3.05) is 10.6 Å². The van der Waals surface area contributed by atoms with Crippen LogP contribution in [0.25, 0.3) is 5.65 Å². The lowest BCUT2D eigenvalue weighted by atomic mass is 10.3. The number of amides is 2. The van der Waals surface area contributed by atoms with Crippen LogP contribution in [0.15, 0.2) is 48.8 Å². The minimum atomic E-state index is -0.427. The summed E-state index contributed by atoms with van der Waals surface area (Å²) in [4.78, 5) is 28.3. The number of hydrogen-bond acceptors (Lipinski definition) is 3. The lowest BCUT2D eigenvalue weighted by Gasteiger charge is -2.08. The van der Waals surface area contributed by atoms with Crippen LogP contribution in [0.1, 0.15) is 17.4 Å². The first-order valence-electron chi connectivity index (χ1n) is 7.35. The highest BCUT2D eigenvalue weighted by Gasteiger charge is 2.14. The van der Waals surface area contributed by atoms with Crippen molar-refractivity contribution in [3.63, 3.8) is 0 Å². The van der Waals surface area contributed by atoms with E-state index in [1.54, 1.807) is 53.9 Å². The summed E-state index contributed by atoms with van der Waals surface area (Å²) in [7, 11) is 0. The number of carbonyl (C=O) groups is 2. The number of para-hydroxylation sites is 1. The predicted octanol–water partition coefficient (Wildman–Crippen LogP) is 3.20. The summed E-state index contributed by atoms with van der Waals surface area (Å²) in [5, 5.41) is 5.82. The summed E-state index contributed by atoms with van der Waals surface area (Å²) in [6, 6.07) is 10.3. The number of aromatic nitrogens is 2. The second-order valence-electron chi connectivity index (χ2n) is 5.05. The Bertz CT molecular complexity index is 1030. The van der Waals surface area contributed by atoms with Crippen molar-refractivity contribution in [2.45, 2.75) is 6.92 Å². The van der Waals surface area contributed by atoms with Crippen molar-refractivity contribution in [3.8, 4) is 11.8 Å². The molecule has 2 N–H and O–H groups in total. The molecule has 0 aliphatic heterocycles. The number of rotatable bonds is 3. The quantitative estimate of drug-likeness (QED) is 0.711. The van der Waals surface area contributed by atoms with Crippen LogP contribution in [0.5, 0.6) is 0 Å². The highest BCUT2D eigenvalue weighted by molar-refractivity contribution is 6.33. The molecule has 25 heavy (non-hydrogen) atoms. The molecule has 0 fully saturated rings. The van der Waals surface area contributed by atoms with E-state index in [0.29, 0.717) is 27.7 Å². The van der Waals surface area contributed by atoms with Gasteiger partial charge in [0.25, 0.3) is 11.8 Å². The van der Waals surface area contributed by atoms with Crippen molar-refractivity contribution < 1.29 is 9.59 Å². The van der Waals surface area contributed by atoms with Crippen LogP contribution in [0.3, 0.4) is 0 Å². The predicted molar refractivity (Wildman–Crippen MR) is 96.7 cm³/mol. The second-order valence-corrected chi connectivity index (χ2v) is 5.46. The Labute approximate surface area is 148 Å². The third kappa shape index (κ3) is 3.62. The van der Waals surface area contributed by atoms with E-state index in [1.165, 1.54) is 6.20 Å². The molecular formula is C18H13ClN4O2. The van der Waals surface area contributed by atoms with Crippen LogP contribution in [-0.2, 0) is 4.79 Å². The number of fused-ring (bicyclic) bond motifs is 1. The normalized spacial score (nSPS) is 10.0. The van der Waals surface area contributed by atoms with Gasteiger partial charge in [0.1, 0.15) is 11.3 Å². The molecule has 6 nitrogen and oxygen atoms in total. The van der Waals surface area contributed by atoms with Gasteiger partial charge in [-0.15, -0.1) is 0 Å². The monoisotopic (exact) mass is 352 g/mol. The van der Waals surface area contributed by atoms with E-state index in [1.807, 2.05) is 0 Å². The van der Waals surface area contributed by atoms with Crippen molar-refractivity contribution in [3.05, 3.63) is 59.5 Å². The first-order valence-corrected chi connectivity index (χ1v) is 7.73. The third-order valence-electron chi connectivity index (χ3n) is 3.36. The summed E-state index contributed by atoms with van der Waals surface area (Å²) in [6.07, 6.45) is 3.07. The minimum absolute atomic E-state index is 0.313. The standard InChI is InChI=1S/C18H13ClN4O2/c1-2-5-17(24)21-12-8-9-16-20-10-15(23(16)11-12)18(25)22-14-7-4-3-6-13(14)19/h3-4,6-11H,1H3,(H,21,24)(H,22,25). The molecule has 0 saturated carbocycles. The van der Waals surface area contributed by atoms with E-state index in [0.717, 1.165) is 0 Å². The molecule has 0 radical (unpaired) electrons. The van der Waals surface area contributed by atoms with Crippen LogP contribution in [-0.4, -0.2) is 21.2 Å². The Kier molecular flexibility index (Phi) is 4.68. The summed E-state index contributed by atoms with van der Waals surface area (Å²) in [5.41, 5.74) is 1.90. The van der Waals surface area contributed by atoms with Gasteiger partial charge in [0.2, 0.25) is 0 Å². The number of nitrogens with zero attached hydrogens (tertiary/aromatic N) is 2. The molecule has 0 unspecified atom stereocenters. The maximum atomic E-state index is 12.5. The van der Waals surface area contributed by atoms with Gasteiger partial charge in [-0.25, -0.2) is 4.98 Å². The van der Waals surface area contributed by atoms with Crippen LogP contribution < -0.4 is 10.6 Å². The van der Waals surface area contributed by atoms with Crippen molar-refractivity contribution in [2.24, 2.45) is 0 Å². The van der Waals surface area contributed by atoms with Crippen molar-refractivity contribution >= 4 is 40.4 Å². The van der Waals surface area contributed by atoms with Gasteiger partial charge < -0.3 is 10.6 Å². The van der Waals surface area contributed by atoms with Gasteiger partial charge in [-0.1, -0.05) is 29.7 Å². The maximum absolute atomic E-state index is 12.5. The second kappa shape index (κ2) is 7.07. The topological polar surface area (TPSA) is 75.5 Å². The summed E-state index contributed by atoms with van der Waals surface area (Å²) < 4.78 is 1.58. The fourth-order valence-corrected chi connectivity index (χ4v) is 2.43. The molecule has 2 amide bonds. The number of pyridine rings is 1. The van der Waals surface area contributed by atoms with Crippen LogP contribution in [0.2, 0.25) is 5.02 Å². The zero-order chi connectivity index (χ0) is 17.8. The summed E-state index contributed by atoms with van der Waals surface area (Å²) >= 11 is 6.06. The van der Waals surface area contributed by atoms with Gasteiger partial charge in [-0.2, -0.15) is 0 Å². The average Bonchev–Trinajstić information content (AvgIpc) is 3.00. The fourth-order valence-electron chi connectivity index (χ4n) is 2.25. The lowest BCUT2D eigenvalue weighted by Crippen LogP contribution is -2.15. The molecule has 2 aromatic heterocycles. The van der Waals surface area contributed by atoms with Gasteiger partial charge in [0.05, 0.1) is 22.6 Å². The van der Waals surface area contributed by atoms with Crippen LogP contribution in [0.4, 0.5) is 11.4 Å². The Hall–Kier alpha value is -3.30. The average molecular weight is 353 g/mol. The van der Waals surface area contributed by atoms with E-state index in [4.69, 9.17) is 11.6 Å². The number of anilines is 2. The molecule has 0 spiro atoms.